The third kappa shape index (κ3) is 4.10. The average molecular weight is 252 g/mol. The van der Waals surface area contributed by atoms with E-state index < -0.39 is 0 Å². The van der Waals surface area contributed by atoms with E-state index in [2.05, 4.69) is 24.1 Å². The van der Waals surface area contributed by atoms with Crippen LogP contribution in [-0.2, 0) is 11.2 Å². The van der Waals surface area contributed by atoms with Gasteiger partial charge in [-0.05, 0) is 25.3 Å². The minimum absolute atomic E-state index is 0.406. The molecule has 2 rings (SSSR count). The molecule has 2 heterocycles. The molecule has 1 atom stereocenters. The highest BCUT2D eigenvalue weighted by Crippen LogP contribution is 2.25. The molecule has 0 bridgehead atoms. The number of oxazole rings is 1. The number of ether oxygens (including phenoxy) is 1. The maximum absolute atomic E-state index is 5.80. The summed E-state index contributed by atoms with van der Waals surface area (Å²) in [6.07, 6.45) is 5.01. The molecule has 1 aliphatic rings. The molecular weight excluding hydrogens is 228 g/mol. The van der Waals surface area contributed by atoms with Crippen LogP contribution in [0.1, 0.15) is 44.3 Å². The molecule has 1 aromatic heterocycles. The Kier molecular flexibility index (Phi) is 5.20. The van der Waals surface area contributed by atoms with Crippen LogP contribution >= 0.6 is 0 Å². The molecule has 1 unspecified atom stereocenters. The van der Waals surface area contributed by atoms with Crippen molar-refractivity contribution in [3.63, 3.8) is 0 Å². The predicted octanol–water partition coefficient (Wildman–Crippen LogP) is 2.36. The van der Waals surface area contributed by atoms with E-state index in [1.807, 2.05) is 6.20 Å². The molecule has 1 N–H and O–H groups in total. The summed E-state index contributed by atoms with van der Waals surface area (Å²) in [6, 6.07) is 0. The third-order valence-corrected chi connectivity index (χ3v) is 3.20. The monoisotopic (exact) mass is 252 g/mol. The van der Waals surface area contributed by atoms with Crippen molar-refractivity contribution < 1.29 is 9.15 Å². The number of hydrogen-bond donors (Lipinski definition) is 1. The molecule has 4 nitrogen and oxygen atoms in total. The van der Waals surface area contributed by atoms with Crippen molar-refractivity contribution in [3.05, 3.63) is 17.8 Å². The Labute approximate surface area is 109 Å². The van der Waals surface area contributed by atoms with Gasteiger partial charge in [0.05, 0.1) is 12.8 Å². The third-order valence-electron chi connectivity index (χ3n) is 3.20. The number of aromatic nitrogens is 1. The standard InChI is InChI=1S/C14H24N2O2/c1-11(2)8-15-6-5-14-16-9-13(18-14)12-4-3-7-17-10-12/h9,11-12,15H,3-8,10H2,1-2H3. The molecule has 0 spiro atoms. The van der Waals surface area contributed by atoms with Gasteiger partial charge in [-0.25, -0.2) is 4.98 Å². The second kappa shape index (κ2) is 6.90. The number of rotatable bonds is 6. The highest BCUT2D eigenvalue weighted by Gasteiger charge is 2.19. The molecule has 1 aromatic rings. The van der Waals surface area contributed by atoms with E-state index in [-0.39, 0.29) is 0 Å². The van der Waals surface area contributed by atoms with Crippen LogP contribution < -0.4 is 5.32 Å². The van der Waals surface area contributed by atoms with Gasteiger partial charge in [-0.15, -0.1) is 0 Å². The lowest BCUT2D eigenvalue weighted by Gasteiger charge is -2.19. The highest BCUT2D eigenvalue weighted by atomic mass is 16.5. The van der Waals surface area contributed by atoms with Gasteiger partial charge in [0.25, 0.3) is 0 Å². The second-order valence-electron chi connectivity index (χ2n) is 5.42. The summed E-state index contributed by atoms with van der Waals surface area (Å²) in [5.74, 6) is 2.92. The van der Waals surface area contributed by atoms with Gasteiger partial charge in [-0.3, -0.25) is 0 Å². The summed E-state index contributed by atoms with van der Waals surface area (Å²) in [5, 5.41) is 3.40. The van der Waals surface area contributed by atoms with Gasteiger partial charge in [0.2, 0.25) is 0 Å². The number of nitrogens with zero attached hydrogens (tertiary/aromatic N) is 1. The van der Waals surface area contributed by atoms with E-state index in [1.165, 1.54) is 0 Å². The van der Waals surface area contributed by atoms with Crippen LogP contribution in [0.4, 0.5) is 0 Å². The highest BCUT2D eigenvalue weighted by molar-refractivity contribution is 5.03. The van der Waals surface area contributed by atoms with Gasteiger partial charge in [-0.1, -0.05) is 13.8 Å². The van der Waals surface area contributed by atoms with Crippen LogP contribution in [-0.4, -0.2) is 31.3 Å². The van der Waals surface area contributed by atoms with Crippen LogP contribution in [0.25, 0.3) is 0 Å². The Balaban J connectivity index is 1.75. The van der Waals surface area contributed by atoms with Gasteiger partial charge in [0.15, 0.2) is 5.89 Å². The lowest BCUT2D eigenvalue weighted by Crippen LogP contribution is -2.22. The number of hydrogen-bond acceptors (Lipinski definition) is 4. The van der Waals surface area contributed by atoms with Crippen LogP contribution in [0.15, 0.2) is 10.6 Å². The molecule has 4 heteroatoms. The lowest BCUT2D eigenvalue weighted by atomic mass is 10.0. The van der Waals surface area contributed by atoms with Crippen LogP contribution in [0, 0.1) is 5.92 Å². The maximum atomic E-state index is 5.80. The minimum Gasteiger partial charge on any atom is -0.445 e. The van der Waals surface area contributed by atoms with Crippen LogP contribution in [0.5, 0.6) is 0 Å². The van der Waals surface area contributed by atoms with Gasteiger partial charge in [-0.2, -0.15) is 0 Å². The fourth-order valence-electron chi connectivity index (χ4n) is 2.18. The molecule has 1 fully saturated rings. The van der Waals surface area contributed by atoms with Crippen molar-refractivity contribution in [1.82, 2.24) is 10.3 Å². The summed E-state index contributed by atoms with van der Waals surface area (Å²) < 4.78 is 11.3. The zero-order valence-corrected chi connectivity index (χ0v) is 11.4. The van der Waals surface area contributed by atoms with E-state index in [9.17, 15) is 0 Å². The summed E-state index contributed by atoms with van der Waals surface area (Å²) >= 11 is 0. The first-order valence-corrected chi connectivity index (χ1v) is 6.98. The minimum atomic E-state index is 0.406. The Hall–Kier alpha value is -0.870. The Morgan fingerprint density at radius 3 is 3.11 bits per heavy atom. The quantitative estimate of drug-likeness (QED) is 0.790. The summed E-state index contributed by atoms with van der Waals surface area (Å²) in [5.41, 5.74) is 0. The lowest BCUT2D eigenvalue weighted by molar-refractivity contribution is 0.0738. The first kappa shape index (κ1) is 13.6. The Bertz CT molecular complexity index is 343. The Morgan fingerprint density at radius 2 is 2.39 bits per heavy atom. The second-order valence-corrected chi connectivity index (χ2v) is 5.42. The van der Waals surface area contributed by atoms with E-state index in [0.29, 0.717) is 11.8 Å². The molecule has 0 amide bonds. The molecule has 1 saturated heterocycles. The first-order chi connectivity index (χ1) is 8.75. The zero-order chi connectivity index (χ0) is 12.8. The summed E-state index contributed by atoms with van der Waals surface area (Å²) in [6.45, 7) is 8.05. The molecule has 0 aromatic carbocycles. The largest absolute Gasteiger partial charge is 0.445 e. The first-order valence-electron chi connectivity index (χ1n) is 6.98. The molecule has 0 saturated carbocycles. The van der Waals surface area contributed by atoms with Crippen molar-refractivity contribution in [1.29, 1.82) is 0 Å². The van der Waals surface area contributed by atoms with E-state index >= 15 is 0 Å². The fraction of sp³-hybridized carbons (Fsp3) is 0.786. The molecule has 102 valence electrons. The maximum Gasteiger partial charge on any atom is 0.195 e. The van der Waals surface area contributed by atoms with Crippen molar-refractivity contribution in [2.45, 2.75) is 39.0 Å². The van der Waals surface area contributed by atoms with Gasteiger partial charge in [0, 0.05) is 25.5 Å². The average Bonchev–Trinajstić information content (AvgIpc) is 2.84. The molecule has 0 aliphatic carbocycles. The van der Waals surface area contributed by atoms with Crippen LogP contribution in [0.2, 0.25) is 0 Å². The van der Waals surface area contributed by atoms with E-state index in [0.717, 1.165) is 57.2 Å². The smallest absolute Gasteiger partial charge is 0.195 e. The van der Waals surface area contributed by atoms with Crippen LogP contribution in [0.3, 0.4) is 0 Å². The van der Waals surface area contributed by atoms with Crippen molar-refractivity contribution in [3.8, 4) is 0 Å². The molecule has 0 radical (unpaired) electrons. The zero-order valence-electron chi connectivity index (χ0n) is 11.4. The van der Waals surface area contributed by atoms with Gasteiger partial charge < -0.3 is 14.5 Å². The SMILES string of the molecule is CC(C)CNCCc1ncc(C2CCCOC2)o1. The van der Waals surface area contributed by atoms with Crippen molar-refractivity contribution in [2.75, 3.05) is 26.3 Å². The Morgan fingerprint density at radius 1 is 1.50 bits per heavy atom. The fourth-order valence-corrected chi connectivity index (χ4v) is 2.18. The van der Waals surface area contributed by atoms with Crippen molar-refractivity contribution in [2.24, 2.45) is 5.92 Å². The normalized spacial score (nSPS) is 20.5. The predicted molar refractivity (Wildman–Crippen MR) is 70.7 cm³/mol. The van der Waals surface area contributed by atoms with Gasteiger partial charge in [0.1, 0.15) is 5.76 Å². The van der Waals surface area contributed by atoms with E-state index in [1.54, 1.807) is 0 Å². The molecular formula is C14H24N2O2. The molecule has 1 aliphatic heterocycles. The summed E-state index contributed by atoms with van der Waals surface area (Å²) in [4.78, 5) is 4.35. The summed E-state index contributed by atoms with van der Waals surface area (Å²) in [7, 11) is 0. The van der Waals surface area contributed by atoms with Crippen molar-refractivity contribution >= 4 is 0 Å². The molecule has 18 heavy (non-hydrogen) atoms. The van der Waals surface area contributed by atoms with E-state index in [4.69, 9.17) is 9.15 Å². The van der Waals surface area contributed by atoms with Gasteiger partial charge >= 0.3 is 0 Å². The number of nitrogens with one attached hydrogen (secondary N) is 1. The topological polar surface area (TPSA) is 47.3 Å².